The Bertz CT molecular complexity index is 1690. The van der Waals surface area contributed by atoms with Gasteiger partial charge in [0.15, 0.2) is 11.5 Å². The van der Waals surface area contributed by atoms with Gasteiger partial charge in [-0.3, -0.25) is 14.4 Å². The van der Waals surface area contributed by atoms with Crippen LogP contribution in [0.3, 0.4) is 0 Å². The number of nitrogens with one attached hydrogen (secondary N) is 3. The van der Waals surface area contributed by atoms with Crippen molar-refractivity contribution in [1.82, 2.24) is 5.32 Å². The monoisotopic (exact) mass is 611 g/mol. The Morgan fingerprint density at radius 1 is 0.818 bits per heavy atom. The molecule has 0 atom stereocenters. The topological polar surface area (TPSA) is 124 Å². The van der Waals surface area contributed by atoms with E-state index in [1.807, 2.05) is 0 Å². The van der Waals surface area contributed by atoms with Crippen LogP contribution >= 0.6 is 11.8 Å². The molecule has 0 radical (unpaired) electrons. The van der Waals surface area contributed by atoms with Crippen LogP contribution < -0.4 is 34.9 Å². The molecule has 0 spiro atoms. The molecule has 3 amide bonds. The molecule has 5 rings (SSSR count). The van der Waals surface area contributed by atoms with Crippen molar-refractivity contribution >= 4 is 46.9 Å². The van der Waals surface area contributed by atoms with Gasteiger partial charge in [0.05, 0.1) is 20.0 Å². The third kappa shape index (κ3) is 7.69. The highest BCUT2D eigenvalue weighted by atomic mass is 32.2. The molecule has 4 aromatic carbocycles. The SMILES string of the molecule is COc1ccc(/C=C(\NC(=O)c2ccccc2)C(=O)Nc2ccc(SCC(=O)Nc3ccc4c(c3)OCO4)cc2)c(OC)c1. The quantitative estimate of drug-likeness (QED) is 0.149. The average molecular weight is 612 g/mol. The number of benzene rings is 4. The van der Waals surface area contributed by atoms with E-state index in [2.05, 4.69) is 16.0 Å². The molecule has 3 N–H and O–H groups in total. The predicted molar refractivity (Wildman–Crippen MR) is 168 cm³/mol. The number of rotatable bonds is 11. The molecule has 1 heterocycles. The summed E-state index contributed by atoms with van der Waals surface area (Å²) in [4.78, 5) is 39.7. The molecule has 4 aromatic rings. The first-order valence-electron chi connectivity index (χ1n) is 13.5. The summed E-state index contributed by atoms with van der Waals surface area (Å²) in [5, 5.41) is 8.39. The zero-order valence-electron chi connectivity index (χ0n) is 23.9. The Morgan fingerprint density at radius 2 is 1.57 bits per heavy atom. The van der Waals surface area contributed by atoms with Crippen LogP contribution in [0.15, 0.2) is 102 Å². The second-order valence-corrected chi connectivity index (χ2v) is 10.4. The average Bonchev–Trinajstić information content (AvgIpc) is 3.52. The Kier molecular flexibility index (Phi) is 9.68. The van der Waals surface area contributed by atoms with E-state index in [0.717, 1.165) is 4.90 Å². The summed E-state index contributed by atoms with van der Waals surface area (Å²) < 4.78 is 21.4. The fourth-order valence-corrected chi connectivity index (χ4v) is 4.89. The third-order valence-corrected chi connectivity index (χ3v) is 7.42. The van der Waals surface area contributed by atoms with E-state index < -0.39 is 11.8 Å². The van der Waals surface area contributed by atoms with Crippen molar-refractivity contribution in [3.8, 4) is 23.0 Å². The lowest BCUT2D eigenvalue weighted by molar-refractivity contribution is -0.114. The summed E-state index contributed by atoms with van der Waals surface area (Å²) >= 11 is 1.35. The van der Waals surface area contributed by atoms with Crippen LogP contribution in [0.25, 0.3) is 6.08 Å². The van der Waals surface area contributed by atoms with Gasteiger partial charge < -0.3 is 34.9 Å². The highest BCUT2D eigenvalue weighted by Gasteiger charge is 2.17. The molecule has 0 saturated heterocycles. The van der Waals surface area contributed by atoms with Gasteiger partial charge in [-0.15, -0.1) is 11.8 Å². The summed E-state index contributed by atoms with van der Waals surface area (Å²) in [6, 6.07) is 26.0. The van der Waals surface area contributed by atoms with E-state index in [1.54, 1.807) is 98.1 Å². The van der Waals surface area contributed by atoms with Crippen molar-refractivity contribution in [1.29, 1.82) is 0 Å². The molecule has 1 aliphatic rings. The molecule has 0 bridgehead atoms. The van der Waals surface area contributed by atoms with Crippen molar-refractivity contribution in [2.24, 2.45) is 0 Å². The van der Waals surface area contributed by atoms with Crippen LogP contribution in [-0.2, 0) is 9.59 Å². The molecule has 44 heavy (non-hydrogen) atoms. The van der Waals surface area contributed by atoms with Gasteiger partial charge in [-0.25, -0.2) is 0 Å². The zero-order valence-corrected chi connectivity index (χ0v) is 24.7. The minimum atomic E-state index is -0.532. The van der Waals surface area contributed by atoms with Crippen LogP contribution in [0.2, 0.25) is 0 Å². The second-order valence-electron chi connectivity index (χ2n) is 9.37. The van der Waals surface area contributed by atoms with Crippen LogP contribution in [0.4, 0.5) is 11.4 Å². The van der Waals surface area contributed by atoms with E-state index in [4.69, 9.17) is 18.9 Å². The number of fused-ring (bicyclic) bond motifs is 1. The molecule has 224 valence electrons. The van der Waals surface area contributed by atoms with E-state index in [0.29, 0.717) is 45.5 Å². The maximum atomic E-state index is 13.4. The van der Waals surface area contributed by atoms with Gasteiger partial charge in [-0.2, -0.15) is 0 Å². The Morgan fingerprint density at radius 3 is 2.32 bits per heavy atom. The number of anilines is 2. The Labute approximate surface area is 258 Å². The summed E-state index contributed by atoms with van der Waals surface area (Å²) in [6.45, 7) is 0.163. The highest BCUT2D eigenvalue weighted by molar-refractivity contribution is 8.00. The molecule has 0 unspecified atom stereocenters. The third-order valence-electron chi connectivity index (χ3n) is 6.41. The minimum absolute atomic E-state index is 0.0148. The number of hydrogen-bond donors (Lipinski definition) is 3. The lowest BCUT2D eigenvalue weighted by atomic mass is 10.1. The van der Waals surface area contributed by atoms with Crippen molar-refractivity contribution in [3.63, 3.8) is 0 Å². The summed E-state index contributed by atoms with van der Waals surface area (Å²) in [6.07, 6.45) is 1.54. The predicted octanol–water partition coefficient (Wildman–Crippen LogP) is 5.57. The van der Waals surface area contributed by atoms with Crippen molar-refractivity contribution in [3.05, 3.63) is 108 Å². The maximum absolute atomic E-state index is 13.4. The largest absolute Gasteiger partial charge is 0.497 e. The van der Waals surface area contributed by atoms with Gasteiger partial charge in [0.1, 0.15) is 17.2 Å². The normalized spacial score (nSPS) is 11.8. The van der Waals surface area contributed by atoms with Gasteiger partial charge in [-0.05, 0) is 66.7 Å². The van der Waals surface area contributed by atoms with Crippen molar-refractivity contribution in [2.75, 3.05) is 37.4 Å². The van der Waals surface area contributed by atoms with Gasteiger partial charge in [-0.1, -0.05) is 18.2 Å². The molecule has 0 aromatic heterocycles. The smallest absolute Gasteiger partial charge is 0.272 e. The first kappa shape index (κ1) is 30.1. The molecule has 0 fully saturated rings. The summed E-state index contributed by atoms with van der Waals surface area (Å²) in [5.41, 5.74) is 2.11. The lowest BCUT2D eigenvalue weighted by Gasteiger charge is -2.13. The van der Waals surface area contributed by atoms with Gasteiger partial charge in [0.2, 0.25) is 12.7 Å². The molecule has 1 aliphatic heterocycles. The van der Waals surface area contributed by atoms with Crippen LogP contribution in [0, 0.1) is 0 Å². The number of ether oxygens (including phenoxy) is 4. The van der Waals surface area contributed by atoms with Gasteiger partial charge in [0.25, 0.3) is 11.8 Å². The first-order valence-corrected chi connectivity index (χ1v) is 14.4. The maximum Gasteiger partial charge on any atom is 0.272 e. The number of carbonyl (C=O) groups excluding carboxylic acids is 3. The van der Waals surface area contributed by atoms with Crippen LogP contribution in [-0.4, -0.2) is 44.5 Å². The lowest BCUT2D eigenvalue weighted by Crippen LogP contribution is -2.30. The highest BCUT2D eigenvalue weighted by Crippen LogP contribution is 2.34. The Hall–Kier alpha value is -5.42. The molecule has 10 nitrogen and oxygen atoms in total. The zero-order chi connectivity index (χ0) is 30.9. The van der Waals surface area contributed by atoms with Crippen molar-refractivity contribution in [2.45, 2.75) is 4.90 Å². The minimum Gasteiger partial charge on any atom is -0.497 e. The summed E-state index contributed by atoms with van der Waals surface area (Å²) in [5.74, 6) is 1.32. The van der Waals surface area contributed by atoms with E-state index in [9.17, 15) is 14.4 Å². The molecular formula is C33H29N3O7S. The molecule has 11 heteroatoms. The number of amides is 3. The van der Waals surface area contributed by atoms with Crippen LogP contribution in [0.1, 0.15) is 15.9 Å². The number of hydrogen-bond acceptors (Lipinski definition) is 8. The molecular weight excluding hydrogens is 582 g/mol. The van der Waals surface area contributed by atoms with Crippen molar-refractivity contribution < 1.29 is 33.3 Å². The number of thioether (sulfide) groups is 1. The van der Waals surface area contributed by atoms with Gasteiger partial charge >= 0.3 is 0 Å². The first-order chi connectivity index (χ1) is 21.4. The van der Waals surface area contributed by atoms with E-state index >= 15 is 0 Å². The Balaban J connectivity index is 1.24. The fourth-order valence-electron chi connectivity index (χ4n) is 4.19. The standard InChI is InChI=1S/C33H29N3O7S/c1-40-25-12-8-22(29(18-25)41-2)16-27(36-32(38)21-6-4-3-5-7-21)33(39)35-23-9-13-26(14-10-23)44-19-31(37)34-24-11-15-28-30(17-24)43-20-42-28/h3-18H,19-20H2,1-2H3,(H,34,37)(H,35,39)(H,36,38)/b27-16-. The van der Waals surface area contributed by atoms with Crippen LogP contribution in [0.5, 0.6) is 23.0 Å². The van der Waals surface area contributed by atoms with Gasteiger partial charge in [0, 0.05) is 39.5 Å². The molecule has 0 saturated carbocycles. The van der Waals surface area contributed by atoms with E-state index in [-0.39, 0.29) is 24.2 Å². The second kappa shape index (κ2) is 14.2. The molecule has 0 aliphatic carbocycles. The van der Waals surface area contributed by atoms with E-state index in [1.165, 1.54) is 24.9 Å². The number of methoxy groups -OCH3 is 2. The summed E-state index contributed by atoms with van der Waals surface area (Å²) in [7, 11) is 3.05. The fraction of sp³-hybridized carbons (Fsp3) is 0.121. The number of carbonyl (C=O) groups is 3.